The normalized spacial score (nSPS) is 22.1. The van der Waals surface area contributed by atoms with Gasteiger partial charge in [-0.05, 0) is 47.5 Å². The van der Waals surface area contributed by atoms with Crippen molar-refractivity contribution >= 4 is 27.7 Å². The van der Waals surface area contributed by atoms with Gasteiger partial charge in [-0.15, -0.1) is 0 Å². The molecule has 20 heavy (non-hydrogen) atoms. The van der Waals surface area contributed by atoms with E-state index in [0.29, 0.717) is 0 Å². The molecule has 1 N–H and O–H groups in total. The summed E-state index contributed by atoms with van der Waals surface area (Å²) in [5.74, 6) is 3.40. The summed E-state index contributed by atoms with van der Waals surface area (Å²) < 4.78 is 1.32. The van der Waals surface area contributed by atoms with Gasteiger partial charge in [-0.25, -0.2) is 0 Å². The Morgan fingerprint density at radius 2 is 1.95 bits per heavy atom. The van der Waals surface area contributed by atoms with Gasteiger partial charge in [0, 0.05) is 37.2 Å². The van der Waals surface area contributed by atoms with Crippen LogP contribution in [-0.2, 0) is 6.54 Å². The Bertz CT molecular complexity index is 440. The van der Waals surface area contributed by atoms with Gasteiger partial charge < -0.3 is 5.32 Å². The number of rotatable bonds is 3. The zero-order valence-electron chi connectivity index (χ0n) is 11.9. The molecule has 0 unspecified atom stereocenters. The van der Waals surface area contributed by atoms with Gasteiger partial charge in [0.2, 0.25) is 0 Å². The maximum absolute atomic E-state index is 3.81. The molecule has 0 spiro atoms. The second-order valence-electron chi connectivity index (χ2n) is 5.77. The molecule has 2 aliphatic heterocycles. The summed E-state index contributed by atoms with van der Waals surface area (Å²) in [6.07, 6.45) is 2.67. The van der Waals surface area contributed by atoms with Crippen LogP contribution in [0.5, 0.6) is 0 Å². The molecule has 0 bridgehead atoms. The van der Waals surface area contributed by atoms with Crippen molar-refractivity contribution in [3.8, 4) is 0 Å². The SMILES string of the molecule is Brc1cc(CN2CCNCC2)ccc1C1CCSCC1. The van der Waals surface area contributed by atoms with Gasteiger partial charge in [0.1, 0.15) is 0 Å². The van der Waals surface area contributed by atoms with E-state index in [1.165, 1.54) is 53.0 Å². The summed E-state index contributed by atoms with van der Waals surface area (Å²) in [5, 5.41) is 3.41. The third kappa shape index (κ3) is 3.79. The van der Waals surface area contributed by atoms with E-state index in [4.69, 9.17) is 0 Å². The van der Waals surface area contributed by atoms with Crippen LogP contribution in [0, 0.1) is 0 Å². The molecule has 0 atom stereocenters. The summed E-state index contributed by atoms with van der Waals surface area (Å²) in [5.41, 5.74) is 2.96. The minimum atomic E-state index is 0.763. The van der Waals surface area contributed by atoms with Gasteiger partial charge in [-0.1, -0.05) is 28.1 Å². The van der Waals surface area contributed by atoms with Crippen LogP contribution >= 0.6 is 27.7 Å². The molecule has 110 valence electrons. The highest BCUT2D eigenvalue weighted by atomic mass is 79.9. The summed E-state index contributed by atoms with van der Waals surface area (Å²) in [6, 6.07) is 7.05. The zero-order valence-corrected chi connectivity index (χ0v) is 14.3. The number of hydrogen-bond acceptors (Lipinski definition) is 3. The lowest BCUT2D eigenvalue weighted by Gasteiger charge is -2.28. The second-order valence-corrected chi connectivity index (χ2v) is 7.85. The highest BCUT2D eigenvalue weighted by Gasteiger charge is 2.18. The minimum Gasteiger partial charge on any atom is -0.314 e. The molecule has 0 aromatic heterocycles. The molecule has 2 heterocycles. The third-order valence-corrected chi connectivity index (χ3v) is 6.08. The number of halogens is 1. The number of thioether (sulfide) groups is 1. The monoisotopic (exact) mass is 354 g/mol. The molecule has 2 fully saturated rings. The maximum Gasteiger partial charge on any atom is 0.0235 e. The van der Waals surface area contributed by atoms with Crippen LogP contribution < -0.4 is 5.32 Å². The largest absolute Gasteiger partial charge is 0.314 e. The van der Waals surface area contributed by atoms with Crippen LogP contribution in [0.15, 0.2) is 22.7 Å². The molecule has 1 aromatic carbocycles. The Kier molecular flexibility index (Phi) is 5.43. The quantitative estimate of drug-likeness (QED) is 0.894. The van der Waals surface area contributed by atoms with Crippen molar-refractivity contribution in [2.75, 3.05) is 37.7 Å². The average molecular weight is 355 g/mol. The first-order valence-electron chi connectivity index (χ1n) is 7.62. The van der Waals surface area contributed by atoms with Crippen molar-refractivity contribution in [1.82, 2.24) is 10.2 Å². The molecule has 0 aliphatic carbocycles. The van der Waals surface area contributed by atoms with Gasteiger partial charge >= 0.3 is 0 Å². The van der Waals surface area contributed by atoms with E-state index in [9.17, 15) is 0 Å². The molecule has 2 saturated heterocycles. The molecule has 0 amide bonds. The van der Waals surface area contributed by atoms with Crippen molar-refractivity contribution in [1.29, 1.82) is 0 Å². The van der Waals surface area contributed by atoms with Crippen molar-refractivity contribution in [3.05, 3.63) is 33.8 Å². The van der Waals surface area contributed by atoms with E-state index in [0.717, 1.165) is 25.6 Å². The maximum atomic E-state index is 3.81. The Labute approximate surface area is 134 Å². The van der Waals surface area contributed by atoms with Gasteiger partial charge in [0.25, 0.3) is 0 Å². The molecule has 3 rings (SSSR count). The third-order valence-electron chi connectivity index (χ3n) is 4.34. The Morgan fingerprint density at radius 3 is 2.65 bits per heavy atom. The van der Waals surface area contributed by atoms with E-state index >= 15 is 0 Å². The van der Waals surface area contributed by atoms with Crippen LogP contribution in [0.25, 0.3) is 0 Å². The number of benzene rings is 1. The Hall–Kier alpha value is -0.0300. The standard InChI is InChI=1S/C16H23BrN2S/c17-16-11-13(12-19-7-5-18-6-8-19)1-2-15(16)14-3-9-20-10-4-14/h1-2,11,14,18H,3-10,12H2. The van der Waals surface area contributed by atoms with Crippen molar-refractivity contribution < 1.29 is 0 Å². The molecular weight excluding hydrogens is 332 g/mol. The smallest absolute Gasteiger partial charge is 0.0235 e. The van der Waals surface area contributed by atoms with Crippen LogP contribution in [0.4, 0.5) is 0 Å². The second kappa shape index (κ2) is 7.30. The topological polar surface area (TPSA) is 15.3 Å². The van der Waals surface area contributed by atoms with E-state index < -0.39 is 0 Å². The predicted octanol–water partition coefficient (Wildman–Crippen LogP) is 3.46. The minimum absolute atomic E-state index is 0.763. The van der Waals surface area contributed by atoms with Gasteiger partial charge in [0.05, 0.1) is 0 Å². The summed E-state index contributed by atoms with van der Waals surface area (Å²) in [7, 11) is 0. The summed E-state index contributed by atoms with van der Waals surface area (Å²) in [6.45, 7) is 5.66. The van der Waals surface area contributed by atoms with Gasteiger partial charge in [-0.3, -0.25) is 4.90 Å². The van der Waals surface area contributed by atoms with E-state index in [1.54, 1.807) is 0 Å². The van der Waals surface area contributed by atoms with Crippen molar-refractivity contribution in [2.24, 2.45) is 0 Å². The lowest BCUT2D eigenvalue weighted by Crippen LogP contribution is -2.42. The Morgan fingerprint density at radius 1 is 1.20 bits per heavy atom. The van der Waals surface area contributed by atoms with Crippen LogP contribution in [-0.4, -0.2) is 42.6 Å². The summed E-state index contributed by atoms with van der Waals surface area (Å²) in [4.78, 5) is 2.54. The molecule has 0 saturated carbocycles. The van der Waals surface area contributed by atoms with Gasteiger partial charge in [0.15, 0.2) is 0 Å². The highest BCUT2D eigenvalue weighted by Crippen LogP contribution is 2.35. The fourth-order valence-electron chi connectivity index (χ4n) is 3.14. The highest BCUT2D eigenvalue weighted by molar-refractivity contribution is 9.10. The van der Waals surface area contributed by atoms with E-state index in [1.807, 2.05) is 0 Å². The first-order chi connectivity index (χ1) is 9.83. The molecule has 2 nitrogen and oxygen atoms in total. The Balaban J connectivity index is 1.66. The lowest BCUT2D eigenvalue weighted by molar-refractivity contribution is 0.233. The zero-order chi connectivity index (χ0) is 13.8. The van der Waals surface area contributed by atoms with E-state index in [-0.39, 0.29) is 0 Å². The lowest BCUT2D eigenvalue weighted by atomic mass is 9.93. The van der Waals surface area contributed by atoms with Crippen molar-refractivity contribution in [3.63, 3.8) is 0 Å². The molecular formula is C16H23BrN2S. The fraction of sp³-hybridized carbons (Fsp3) is 0.625. The molecule has 2 aliphatic rings. The number of nitrogens with one attached hydrogen (secondary N) is 1. The summed E-state index contributed by atoms with van der Waals surface area (Å²) >= 11 is 5.91. The first kappa shape index (κ1) is 14.9. The molecule has 1 aromatic rings. The average Bonchev–Trinajstić information content (AvgIpc) is 2.49. The number of piperazine rings is 1. The van der Waals surface area contributed by atoms with Crippen molar-refractivity contribution in [2.45, 2.75) is 25.3 Å². The number of nitrogens with zero attached hydrogens (tertiary/aromatic N) is 1. The predicted molar refractivity (Wildman–Crippen MR) is 91.6 cm³/mol. The molecule has 0 radical (unpaired) electrons. The number of hydrogen-bond donors (Lipinski definition) is 1. The first-order valence-corrected chi connectivity index (χ1v) is 9.57. The van der Waals surface area contributed by atoms with Crippen LogP contribution in [0.1, 0.15) is 29.9 Å². The fourth-order valence-corrected chi connectivity index (χ4v) is 4.99. The molecule has 4 heteroatoms. The van der Waals surface area contributed by atoms with E-state index in [2.05, 4.69) is 56.1 Å². The van der Waals surface area contributed by atoms with Gasteiger partial charge in [-0.2, -0.15) is 11.8 Å². The van der Waals surface area contributed by atoms with Crippen LogP contribution in [0.2, 0.25) is 0 Å². The van der Waals surface area contributed by atoms with Crippen LogP contribution in [0.3, 0.4) is 0 Å².